The van der Waals surface area contributed by atoms with Gasteiger partial charge in [0.05, 0.1) is 5.52 Å². The molecule has 0 radical (unpaired) electrons. The minimum Gasteiger partial charge on any atom is -0.367 e. The molecule has 1 unspecified atom stereocenters. The molecule has 1 atom stereocenters. The fraction of sp³-hybridized carbons (Fsp3) is 0.500. The monoisotopic (exact) mass is 270 g/mol. The van der Waals surface area contributed by atoms with Gasteiger partial charge in [-0.25, -0.2) is 4.98 Å². The normalized spacial score (nSPS) is 17.3. The first-order valence-electron chi connectivity index (χ1n) is 7.49. The summed E-state index contributed by atoms with van der Waals surface area (Å²) in [5.74, 6) is 2.38. The van der Waals surface area contributed by atoms with E-state index in [1.54, 1.807) is 0 Å². The second kappa shape index (κ2) is 5.65. The summed E-state index contributed by atoms with van der Waals surface area (Å²) < 4.78 is 0. The molecule has 0 bridgehead atoms. The molecular weight excluding hydrogens is 248 g/mol. The lowest BCUT2D eigenvalue weighted by Crippen LogP contribution is -2.24. The molecule has 2 aromatic rings. The second-order valence-corrected chi connectivity index (χ2v) is 5.64. The van der Waals surface area contributed by atoms with E-state index in [1.807, 2.05) is 25.2 Å². The van der Waals surface area contributed by atoms with E-state index in [9.17, 15) is 0 Å². The van der Waals surface area contributed by atoms with Crippen molar-refractivity contribution in [2.45, 2.75) is 38.6 Å². The summed E-state index contributed by atoms with van der Waals surface area (Å²) >= 11 is 0. The van der Waals surface area contributed by atoms with Gasteiger partial charge in [-0.2, -0.15) is 4.98 Å². The van der Waals surface area contributed by atoms with Crippen LogP contribution in [0.3, 0.4) is 0 Å². The highest BCUT2D eigenvalue weighted by molar-refractivity contribution is 5.90. The van der Waals surface area contributed by atoms with Gasteiger partial charge < -0.3 is 10.6 Å². The van der Waals surface area contributed by atoms with Gasteiger partial charge in [-0.1, -0.05) is 25.0 Å². The van der Waals surface area contributed by atoms with Gasteiger partial charge in [-0.15, -0.1) is 0 Å². The van der Waals surface area contributed by atoms with Crippen molar-refractivity contribution in [3.8, 4) is 0 Å². The lowest BCUT2D eigenvalue weighted by molar-refractivity contribution is 0.481. The number of hydrogen-bond donors (Lipinski definition) is 2. The number of hydrogen-bond acceptors (Lipinski definition) is 4. The van der Waals surface area contributed by atoms with Crippen LogP contribution in [0.15, 0.2) is 24.3 Å². The third kappa shape index (κ3) is 2.55. The first kappa shape index (κ1) is 13.2. The van der Waals surface area contributed by atoms with Gasteiger partial charge in [-0.3, -0.25) is 0 Å². The molecule has 1 saturated carbocycles. The first-order chi connectivity index (χ1) is 9.78. The zero-order valence-corrected chi connectivity index (χ0v) is 12.2. The van der Waals surface area contributed by atoms with Gasteiger partial charge in [0.1, 0.15) is 5.82 Å². The van der Waals surface area contributed by atoms with E-state index < -0.39 is 0 Å². The molecule has 1 aliphatic carbocycles. The quantitative estimate of drug-likeness (QED) is 0.890. The summed E-state index contributed by atoms with van der Waals surface area (Å²) in [5.41, 5.74) is 0.980. The predicted molar refractivity (Wildman–Crippen MR) is 84.1 cm³/mol. The molecule has 0 saturated heterocycles. The highest BCUT2D eigenvalue weighted by atomic mass is 15.1. The van der Waals surface area contributed by atoms with E-state index in [4.69, 9.17) is 0 Å². The van der Waals surface area contributed by atoms with Crippen molar-refractivity contribution >= 4 is 22.7 Å². The number of para-hydroxylation sites is 1. The molecular formula is C16H22N4. The fourth-order valence-corrected chi connectivity index (χ4v) is 3.09. The molecule has 0 spiro atoms. The highest BCUT2D eigenvalue weighted by Gasteiger charge is 2.22. The molecule has 4 heteroatoms. The Morgan fingerprint density at radius 1 is 1.15 bits per heavy atom. The highest BCUT2D eigenvalue weighted by Crippen LogP contribution is 2.30. The molecule has 0 amide bonds. The molecule has 0 aliphatic heterocycles. The largest absolute Gasteiger partial charge is 0.367 e. The Morgan fingerprint density at radius 2 is 1.90 bits per heavy atom. The van der Waals surface area contributed by atoms with Crippen LogP contribution in [-0.2, 0) is 0 Å². The van der Waals surface area contributed by atoms with Crippen LogP contribution in [-0.4, -0.2) is 23.1 Å². The van der Waals surface area contributed by atoms with Gasteiger partial charge in [0, 0.05) is 18.5 Å². The van der Waals surface area contributed by atoms with E-state index in [1.165, 1.54) is 25.7 Å². The molecule has 1 heterocycles. The zero-order valence-electron chi connectivity index (χ0n) is 12.2. The van der Waals surface area contributed by atoms with Crippen LogP contribution in [0.4, 0.5) is 11.8 Å². The van der Waals surface area contributed by atoms with Crippen LogP contribution in [0.2, 0.25) is 0 Å². The van der Waals surface area contributed by atoms with Crippen molar-refractivity contribution in [3.05, 3.63) is 24.3 Å². The van der Waals surface area contributed by atoms with E-state index in [-0.39, 0.29) is 0 Å². The van der Waals surface area contributed by atoms with Crippen LogP contribution in [0.25, 0.3) is 10.9 Å². The molecule has 1 fully saturated rings. The lowest BCUT2D eigenvalue weighted by atomic mass is 10.00. The average Bonchev–Trinajstić information content (AvgIpc) is 3.01. The molecule has 106 valence electrons. The molecule has 3 rings (SSSR count). The van der Waals surface area contributed by atoms with Gasteiger partial charge in [-0.05, 0) is 37.8 Å². The van der Waals surface area contributed by atoms with Crippen LogP contribution in [0.5, 0.6) is 0 Å². The summed E-state index contributed by atoms with van der Waals surface area (Å²) in [7, 11) is 1.86. The molecule has 1 aromatic carbocycles. The SMILES string of the molecule is CNc1nc(NC(C)C2CCCC2)c2ccccc2n1. The summed E-state index contributed by atoms with van der Waals surface area (Å²) in [6, 6.07) is 8.62. The number of anilines is 2. The van der Waals surface area contributed by atoms with E-state index in [2.05, 4.69) is 33.6 Å². The van der Waals surface area contributed by atoms with Gasteiger partial charge in [0.15, 0.2) is 0 Å². The molecule has 2 N–H and O–H groups in total. The zero-order chi connectivity index (χ0) is 13.9. The number of nitrogens with one attached hydrogen (secondary N) is 2. The molecule has 20 heavy (non-hydrogen) atoms. The summed E-state index contributed by atoms with van der Waals surface area (Å²) in [6.45, 7) is 2.27. The van der Waals surface area contributed by atoms with Crippen molar-refractivity contribution in [2.75, 3.05) is 17.7 Å². The van der Waals surface area contributed by atoms with Crippen LogP contribution in [0, 0.1) is 5.92 Å². The number of nitrogens with zero attached hydrogens (tertiary/aromatic N) is 2. The Hall–Kier alpha value is -1.84. The molecule has 1 aliphatic rings. The number of fused-ring (bicyclic) bond motifs is 1. The summed E-state index contributed by atoms with van der Waals surface area (Å²) in [5, 5.41) is 7.74. The Kier molecular flexibility index (Phi) is 3.72. The van der Waals surface area contributed by atoms with E-state index >= 15 is 0 Å². The summed E-state index contributed by atoms with van der Waals surface area (Å²) in [6.07, 6.45) is 5.39. The maximum absolute atomic E-state index is 4.60. The Labute approximate surface area is 120 Å². The number of benzene rings is 1. The maximum atomic E-state index is 4.60. The van der Waals surface area contributed by atoms with Crippen molar-refractivity contribution in [1.29, 1.82) is 0 Å². The standard InChI is InChI=1S/C16H22N4/c1-11(12-7-3-4-8-12)18-15-13-9-5-6-10-14(13)19-16(17-2)20-15/h5-6,9-12H,3-4,7-8H2,1-2H3,(H2,17,18,19,20). The Bertz CT molecular complexity index is 590. The van der Waals surface area contributed by atoms with E-state index in [0.29, 0.717) is 12.0 Å². The fourth-order valence-electron chi connectivity index (χ4n) is 3.09. The smallest absolute Gasteiger partial charge is 0.224 e. The van der Waals surface area contributed by atoms with Gasteiger partial charge in [0.25, 0.3) is 0 Å². The molecule has 1 aromatic heterocycles. The van der Waals surface area contributed by atoms with E-state index in [0.717, 1.165) is 22.6 Å². The van der Waals surface area contributed by atoms with Crippen molar-refractivity contribution in [1.82, 2.24) is 9.97 Å². The summed E-state index contributed by atoms with van der Waals surface area (Å²) in [4.78, 5) is 9.09. The third-order valence-electron chi connectivity index (χ3n) is 4.30. The van der Waals surface area contributed by atoms with Crippen molar-refractivity contribution in [3.63, 3.8) is 0 Å². The predicted octanol–water partition coefficient (Wildman–Crippen LogP) is 3.66. The second-order valence-electron chi connectivity index (χ2n) is 5.64. The van der Waals surface area contributed by atoms with Gasteiger partial charge >= 0.3 is 0 Å². The van der Waals surface area contributed by atoms with Crippen molar-refractivity contribution in [2.24, 2.45) is 5.92 Å². The topological polar surface area (TPSA) is 49.8 Å². The maximum Gasteiger partial charge on any atom is 0.224 e. The lowest BCUT2D eigenvalue weighted by Gasteiger charge is -2.22. The van der Waals surface area contributed by atoms with Crippen molar-refractivity contribution < 1.29 is 0 Å². The third-order valence-corrected chi connectivity index (χ3v) is 4.30. The van der Waals surface area contributed by atoms with Crippen LogP contribution >= 0.6 is 0 Å². The van der Waals surface area contributed by atoms with Gasteiger partial charge in [0.2, 0.25) is 5.95 Å². The minimum absolute atomic E-state index is 0.459. The minimum atomic E-state index is 0.459. The number of aromatic nitrogens is 2. The Balaban J connectivity index is 1.92. The average molecular weight is 270 g/mol. The first-order valence-corrected chi connectivity index (χ1v) is 7.49. The van der Waals surface area contributed by atoms with Crippen LogP contribution < -0.4 is 10.6 Å². The molecule has 4 nitrogen and oxygen atoms in total. The van der Waals surface area contributed by atoms with Crippen LogP contribution in [0.1, 0.15) is 32.6 Å². The Morgan fingerprint density at radius 3 is 2.65 bits per heavy atom. The number of rotatable bonds is 4.